The van der Waals surface area contributed by atoms with Crippen molar-refractivity contribution >= 4 is 34.4 Å². The molecule has 0 unspecified atom stereocenters. The first-order chi connectivity index (χ1) is 20.8. The van der Waals surface area contributed by atoms with Crippen molar-refractivity contribution in [3.05, 3.63) is 157 Å². The molecule has 2 aliphatic rings. The Balaban J connectivity index is 1.25. The van der Waals surface area contributed by atoms with E-state index in [1.807, 2.05) is 88.9 Å². The van der Waals surface area contributed by atoms with Crippen LogP contribution in [0.25, 0.3) is 0 Å². The molecule has 7 rings (SSSR count). The van der Waals surface area contributed by atoms with Crippen LogP contribution in [0.2, 0.25) is 0 Å². The molecular weight excluding hydrogens is 520 g/mol. The minimum atomic E-state index is 0.559. The molecule has 0 saturated heterocycles. The number of nitrogens with zero attached hydrogens (tertiary/aromatic N) is 6. The molecule has 0 spiro atoms. The highest BCUT2D eigenvalue weighted by molar-refractivity contribution is 6.05. The molecule has 2 N–H and O–H groups in total. The Morgan fingerprint density at radius 2 is 0.762 bits per heavy atom. The van der Waals surface area contributed by atoms with Gasteiger partial charge >= 0.3 is 0 Å². The maximum atomic E-state index is 5.03. The average Bonchev–Trinajstić information content (AvgIpc) is 3.09. The fourth-order valence-electron chi connectivity index (χ4n) is 4.99. The van der Waals surface area contributed by atoms with Crippen molar-refractivity contribution in [2.75, 3.05) is 33.4 Å². The summed E-state index contributed by atoms with van der Waals surface area (Å²) in [6, 6.07) is 49.3. The number of hydrogen-bond donors (Lipinski definition) is 2. The van der Waals surface area contributed by atoms with Crippen LogP contribution in [0.5, 0.6) is 0 Å². The maximum Gasteiger partial charge on any atom is 0.172 e. The molecule has 0 saturated carbocycles. The fourth-order valence-corrected chi connectivity index (χ4v) is 4.99. The van der Waals surface area contributed by atoms with Gasteiger partial charge in [0.2, 0.25) is 0 Å². The Morgan fingerprint density at radius 3 is 1.14 bits per heavy atom. The third-order valence-corrected chi connectivity index (χ3v) is 7.13. The molecule has 0 aromatic heterocycles. The number of rotatable bonds is 6. The largest absolute Gasteiger partial charge is 0.278 e. The fraction of sp³-hybridized carbons (Fsp3) is 0.0588. The third kappa shape index (κ3) is 5.33. The van der Waals surface area contributed by atoms with Crippen LogP contribution < -0.4 is 30.9 Å². The summed E-state index contributed by atoms with van der Waals surface area (Å²) in [5, 5.41) is 18.3. The van der Waals surface area contributed by atoms with Crippen molar-refractivity contribution in [1.29, 1.82) is 0 Å². The molecule has 0 amide bonds. The molecule has 0 bridgehead atoms. The van der Waals surface area contributed by atoms with Gasteiger partial charge in [0.15, 0.2) is 11.7 Å². The van der Waals surface area contributed by atoms with Gasteiger partial charge in [-0.25, -0.2) is 10.0 Å². The van der Waals surface area contributed by atoms with E-state index in [1.54, 1.807) is 0 Å². The zero-order chi connectivity index (χ0) is 28.1. The highest BCUT2D eigenvalue weighted by Crippen LogP contribution is 2.24. The van der Waals surface area contributed by atoms with Crippen LogP contribution in [0, 0.1) is 0 Å². The van der Waals surface area contributed by atoms with Crippen molar-refractivity contribution in [3.8, 4) is 0 Å². The van der Waals surface area contributed by atoms with Crippen molar-refractivity contribution in [2.24, 2.45) is 10.2 Å². The molecule has 0 radical (unpaired) electrons. The summed E-state index contributed by atoms with van der Waals surface area (Å²) in [4.78, 5) is 0. The van der Waals surface area contributed by atoms with E-state index in [4.69, 9.17) is 10.2 Å². The van der Waals surface area contributed by atoms with Gasteiger partial charge in [-0.15, -0.1) is 0 Å². The summed E-state index contributed by atoms with van der Waals surface area (Å²) in [5.41, 5.74) is 13.1. The second-order valence-corrected chi connectivity index (χ2v) is 9.98. The highest BCUT2D eigenvalue weighted by Gasteiger charge is 2.24. The standard InChI is InChI=1S/C34H30N8/c1-5-16-29(17-6-1)39-25-40(30-18-7-2-8-19-30)36-33(35-39)27-14-13-15-28(24-27)34-37-41(31-20-9-3-10-21-31)26-42(38-34)32-22-11-4-12-23-32/h1-24H,25-26H2,(H,35,36)(H,37,38). The summed E-state index contributed by atoms with van der Waals surface area (Å²) < 4.78 is 0. The normalized spacial score (nSPS) is 15.0. The van der Waals surface area contributed by atoms with Gasteiger partial charge in [-0.05, 0) is 54.6 Å². The molecule has 206 valence electrons. The molecule has 5 aromatic carbocycles. The van der Waals surface area contributed by atoms with Gasteiger partial charge in [0.05, 0.1) is 22.7 Å². The molecule has 0 aliphatic carbocycles. The van der Waals surface area contributed by atoms with E-state index in [1.165, 1.54) is 0 Å². The molecule has 0 atom stereocenters. The van der Waals surface area contributed by atoms with Crippen LogP contribution in [-0.4, -0.2) is 25.0 Å². The topological polar surface area (TPSA) is 61.7 Å². The van der Waals surface area contributed by atoms with Gasteiger partial charge in [0, 0.05) is 11.1 Å². The zero-order valence-corrected chi connectivity index (χ0v) is 23.0. The summed E-state index contributed by atoms with van der Waals surface area (Å²) in [6.07, 6.45) is 0. The summed E-state index contributed by atoms with van der Waals surface area (Å²) >= 11 is 0. The number of amidine groups is 2. The van der Waals surface area contributed by atoms with Crippen LogP contribution in [0.4, 0.5) is 22.7 Å². The van der Waals surface area contributed by atoms with Crippen molar-refractivity contribution in [1.82, 2.24) is 10.9 Å². The van der Waals surface area contributed by atoms with E-state index in [9.17, 15) is 0 Å². The van der Waals surface area contributed by atoms with Crippen molar-refractivity contribution in [3.63, 3.8) is 0 Å². The number of para-hydroxylation sites is 4. The van der Waals surface area contributed by atoms with Gasteiger partial charge < -0.3 is 0 Å². The Kier molecular flexibility index (Phi) is 6.84. The lowest BCUT2D eigenvalue weighted by Gasteiger charge is -2.37. The predicted octanol–water partition coefficient (Wildman–Crippen LogP) is 5.99. The van der Waals surface area contributed by atoms with Gasteiger partial charge in [0.25, 0.3) is 0 Å². The second kappa shape index (κ2) is 11.4. The molecule has 2 aliphatic heterocycles. The lowest BCUT2D eigenvalue weighted by atomic mass is 10.1. The lowest BCUT2D eigenvalue weighted by Crippen LogP contribution is -2.53. The van der Waals surface area contributed by atoms with Gasteiger partial charge in [-0.2, -0.15) is 10.2 Å². The minimum absolute atomic E-state index is 0.559. The van der Waals surface area contributed by atoms with Crippen LogP contribution in [0.3, 0.4) is 0 Å². The van der Waals surface area contributed by atoms with E-state index in [0.29, 0.717) is 13.3 Å². The lowest BCUT2D eigenvalue weighted by molar-refractivity contribution is 0.677. The molecule has 5 aromatic rings. The third-order valence-electron chi connectivity index (χ3n) is 7.13. The molecule has 0 fully saturated rings. The van der Waals surface area contributed by atoms with E-state index >= 15 is 0 Å². The number of anilines is 4. The minimum Gasteiger partial charge on any atom is -0.278 e. The number of nitrogens with one attached hydrogen (secondary N) is 2. The molecular formula is C34H30N8. The Hall–Kier alpha value is -5.76. The van der Waals surface area contributed by atoms with Crippen LogP contribution in [-0.2, 0) is 0 Å². The van der Waals surface area contributed by atoms with Crippen molar-refractivity contribution in [2.45, 2.75) is 0 Å². The first kappa shape index (κ1) is 25.2. The van der Waals surface area contributed by atoms with Crippen LogP contribution in [0.1, 0.15) is 11.1 Å². The Labute approximate surface area is 245 Å². The van der Waals surface area contributed by atoms with Crippen LogP contribution in [0.15, 0.2) is 156 Å². The average molecular weight is 551 g/mol. The second-order valence-electron chi connectivity index (χ2n) is 9.98. The van der Waals surface area contributed by atoms with Gasteiger partial charge in [-0.3, -0.25) is 20.9 Å². The zero-order valence-electron chi connectivity index (χ0n) is 23.0. The van der Waals surface area contributed by atoms with E-state index in [2.05, 4.69) is 87.6 Å². The summed E-state index contributed by atoms with van der Waals surface area (Å²) in [5.74, 6) is 1.49. The number of hydrazone groups is 2. The molecule has 8 nitrogen and oxygen atoms in total. The Morgan fingerprint density at radius 1 is 0.405 bits per heavy atom. The summed E-state index contributed by atoms with van der Waals surface area (Å²) in [7, 11) is 0. The number of hydrazine groups is 2. The van der Waals surface area contributed by atoms with Crippen LogP contribution >= 0.6 is 0 Å². The SMILES string of the molecule is c1ccc(N2CN(c3ccccc3)NC(c3cccc(C4=NN(c5ccccc5)CN(c5ccccc5)N4)c3)=N2)cc1. The number of benzene rings is 5. The predicted molar refractivity (Wildman–Crippen MR) is 171 cm³/mol. The number of hydrogen-bond acceptors (Lipinski definition) is 8. The molecule has 8 heteroatoms. The molecule has 42 heavy (non-hydrogen) atoms. The van der Waals surface area contributed by atoms with Gasteiger partial charge in [-0.1, -0.05) is 91.0 Å². The quantitative estimate of drug-likeness (QED) is 0.271. The van der Waals surface area contributed by atoms with E-state index in [0.717, 1.165) is 45.5 Å². The highest BCUT2D eigenvalue weighted by atomic mass is 15.7. The summed E-state index contributed by atoms with van der Waals surface area (Å²) in [6.45, 7) is 1.12. The first-order valence-electron chi connectivity index (χ1n) is 13.9. The monoisotopic (exact) mass is 550 g/mol. The smallest absolute Gasteiger partial charge is 0.172 e. The maximum absolute atomic E-state index is 5.03. The van der Waals surface area contributed by atoms with Gasteiger partial charge in [0.1, 0.15) is 13.3 Å². The van der Waals surface area contributed by atoms with E-state index in [-0.39, 0.29) is 0 Å². The van der Waals surface area contributed by atoms with Crippen molar-refractivity contribution < 1.29 is 0 Å². The Bertz CT molecular complexity index is 1570. The molecule has 2 heterocycles. The first-order valence-corrected chi connectivity index (χ1v) is 13.9. The van der Waals surface area contributed by atoms with E-state index < -0.39 is 0 Å².